The lowest BCUT2D eigenvalue weighted by Gasteiger charge is -2.33. The zero-order valence-corrected chi connectivity index (χ0v) is 15.4. The number of amides is 2. The number of likely N-dealkylation sites (tertiary alicyclic amines) is 1. The first-order valence-corrected chi connectivity index (χ1v) is 9.36. The van der Waals surface area contributed by atoms with Crippen LogP contribution in [-0.4, -0.2) is 57.2 Å². The van der Waals surface area contributed by atoms with Gasteiger partial charge in [0.15, 0.2) is 0 Å². The molecule has 2 aliphatic heterocycles. The van der Waals surface area contributed by atoms with Crippen LogP contribution in [0.4, 0.5) is 5.69 Å². The van der Waals surface area contributed by atoms with Gasteiger partial charge in [-0.3, -0.25) is 14.5 Å². The van der Waals surface area contributed by atoms with E-state index in [2.05, 4.69) is 28.0 Å². The number of carbonyl (C=O) groups is 2. The topological polar surface area (TPSA) is 97.4 Å². The SMILES string of the molecule is CC1Cc2ccccc2N1C(=O)CN1CCCC(n2cnc(C(N)=O)n2)C1. The Balaban J connectivity index is 1.43. The molecule has 142 valence electrons. The molecule has 2 aromatic rings. The average molecular weight is 368 g/mol. The molecule has 1 fully saturated rings. The van der Waals surface area contributed by atoms with E-state index in [1.54, 1.807) is 11.0 Å². The summed E-state index contributed by atoms with van der Waals surface area (Å²) < 4.78 is 1.70. The largest absolute Gasteiger partial charge is 0.363 e. The van der Waals surface area contributed by atoms with E-state index in [9.17, 15) is 9.59 Å². The molecular weight excluding hydrogens is 344 g/mol. The van der Waals surface area contributed by atoms with E-state index in [0.717, 1.165) is 31.5 Å². The van der Waals surface area contributed by atoms with Crippen molar-refractivity contribution >= 4 is 17.5 Å². The molecule has 2 amide bonds. The Labute approximate surface area is 158 Å². The fourth-order valence-corrected chi connectivity index (χ4v) is 4.17. The maximum absolute atomic E-state index is 13.0. The van der Waals surface area contributed by atoms with E-state index in [0.29, 0.717) is 13.1 Å². The zero-order chi connectivity index (χ0) is 19.0. The number of benzene rings is 1. The van der Waals surface area contributed by atoms with Crippen molar-refractivity contribution in [1.29, 1.82) is 0 Å². The van der Waals surface area contributed by atoms with E-state index in [-0.39, 0.29) is 23.8 Å². The van der Waals surface area contributed by atoms with Gasteiger partial charge in [-0.05, 0) is 44.4 Å². The van der Waals surface area contributed by atoms with E-state index in [1.165, 1.54) is 5.56 Å². The molecule has 0 spiro atoms. The second kappa shape index (κ2) is 7.11. The molecule has 3 heterocycles. The molecule has 1 saturated heterocycles. The Kier molecular flexibility index (Phi) is 4.65. The first kappa shape index (κ1) is 17.7. The number of rotatable bonds is 4. The number of primary amides is 1. The van der Waals surface area contributed by atoms with Crippen LogP contribution in [-0.2, 0) is 11.2 Å². The number of aromatic nitrogens is 3. The van der Waals surface area contributed by atoms with E-state index >= 15 is 0 Å². The van der Waals surface area contributed by atoms with Gasteiger partial charge in [-0.15, -0.1) is 5.10 Å². The molecule has 8 heteroatoms. The van der Waals surface area contributed by atoms with Gasteiger partial charge in [-0.25, -0.2) is 9.67 Å². The van der Waals surface area contributed by atoms with Crippen LogP contribution < -0.4 is 10.6 Å². The number of nitrogens with zero attached hydrogens (tertiary/aromatic N) is 5. The number of piperidine rings is 1. The summed E-state index contributed by atoms with van der Waals surface area (Å²) in [6.45, 7) is 4.06. The number of para-hydroxylation sites is 1. The smallest absolute Gasteiger partial charge is 0.288 e. The van der Waals surface area contributed by atoms with Gasteiger partial charge in [0.25, 0.3) is 5.91 Å². The van der Waals surface area contributed by atoms with E-state index in [1.807, 2.05) is 23.1 Å². The van der Waals surface area contributed by atoms with Crippen molar-refractivity contribution in [3.63, 3.8) is 0 Å². The van der Waals surface area contributed by atoms with Crippen LogP contribution in [0.15, 0.2) is 30.6 Å². The summed E-state index contributed by atoms with van der Waals surface area (Å²) in [5.41, 5.74) is 7.50. The third-order valence-corrected chi connectivity index (χ3v) is 5.42. The van der Waals surface area contributed by atoms with Crippen LogP contribution in [0.3, 0.4) is 0 Å². The fourth-order valence-electron chi connectivity index (χ4n) is 4.17. The monoisotopic (exact) mass is 368 g/mol. The number of fused-ring (bicyclic) bond motifs is 1. The van der Waals surface area contributed by atoms with Crippen molar-refractivity contribution in [3.05, 3.63) is 42.0 Å². The lowest BCUT2D eigenvalue weighted by molar-refractivity contribution is -0.120. The van der Waals surface area contributed by atoms with Gasteiger partial charge in [-0.1, -0.05) is 18.2 Å². The molecule has 27 heavy (non-hydrogen) atoms. The summed E-state index contributed by atoms with van der Waals surface area (Å²) in [5.74, 6) is -0.464. The lowest BCUT2D eigenvalue weighted by Crippen LogP contribution is -2.46. The van der Waals surface area contributed by atoms with Crippen molar-refractivity contribution in [2.75, 3.05) is 24.5 Å². The van der Waals surface area contributed by atoms with Crippen LogP contribution in [0.25, 0.3) is 0 Å². The van der Waals surface area contributed by atoms with E-state index < -0.39 is 5.91 Å². The van der Waals surface area contributed by atoms with Crippen molar-refractivity contribution < 1.29 is 9.59 Å². The summed E-state index contributed by atoms with van der Waals surface area (Å²) in [7, 11) is 0. The molecule has 8 nitrogen and oxygen atoms in total. The summed E-state index contributed by atoms with van der Waals surface area (Å²) in [5, 5.41) is 4.18. The number of hydrogen-bond acceptors (Lipinski definition) is 5. The first-order chi connectivity index (χ1) is 13.0. The molecule has 0 aliphatic carbocycles. The predicted octanol–water partition coefficient (Wildman–Crippen LogP) is 0.992. The predicted molar refractivity (Wildman–Crippen MR) is 100 cm³/mol. The van der Waals surface area contributed by atoms with Crippen LogP contribution >= 0.6 is 0 Å². The third-order valence-electron chi connectivity index (χ3n) is 5.42. The molecule has 1 aromatic carbocycles. The molecule has 4 rings (SSSR count). The van der Waals surface area contributed by atoms with E-state index in [4.69, 9.17) is 5.73 Å². The highest BCUT2D eigenvalue weighted by Crippen LogP contribution is 2.32. The second-order valence-electron chi connectivity index (χ2n) is 7.39. The van der Waals surface area contributed by atoms with Crippen molar-refractivity contribution in [2.24, 2.45) is 5.73 Å². The van der Waals surface area contributed by atoms with Crippen molar-refractivity contribution in [1.82, 2.24) is 19.7 Å². The van der Waals surface area contributed by atoms with Gasteiger partial charge in [0.05, 0.1) is 12.6 Å². The third kappa shape index (κ3) is 3.44. The number of nitrogens with two attached hydrogens (primary N) is 1. The molecule has 2 aliphatic rings. The van der Waals surface area contributed by atoms with Gasteiger partial charge in [0.1, 0.15) is 6.33 Å². The number of carbonyl (C=O) groups excluding carboxylic acids is 2. The minimum atomic E-state index is -0.627. The highest BCUT2D eigenvalue weighted by atomic mass is 16.2. The summed E-state index contributed by atoms with van der Waals surface area (Å²) in [4.78, 5) is 32.3. The summed E-state index contributed by atoms with van der Waals surface area (Å²) in [6, 6.07) is 8.40. The number of anilines is 1. The van der Waals surface area contributed by atoms with Gasteiger partial charge in [-0.2, -0.15) is 0 Å². The average Bonchev–Trinajstić information content (AvgIpc) is 3.26. The molecule has 0 radical (unpaired) electrons. The minimum Gasteiger partial charge on any atom is -0.363 e. The first-order valence-electron chi connectivity index (χ1n) is 9.36. The normalized spacial score (nSPS) is 22.6. The van der Waals surface area contributed by atoms with Crippen LogP contribution in [0.1, 0.15) is 42.0 Å². The molecule has 0 bridgehead atoms. The fraction of sp³-hybridized carbons (Fsp3) is 0.474. The Hall–Kier alpha value is -2.74. The Morgan fingerprint density at radius 3 is 2.89 bits per heavy atom. The van der Waals surface area contributed by atoms with Crippen molar-refractivity contribution in [3.8, 4) is 0 Å². The summed E-state index contributed by atoms with van der Waals surface area (Å²) >= 11 is 0. The van der Waals surface area contributed by atoms with Crippen LogP contribution in [0.2, 0.25) is 0 Å². The van der Waals surface area contributed by atoms with Gasteiger partial charge in [0.2, 0.25) is 11.7 Å². The molecule has 2 N–H and O–H groups in total. The molecule has 2 unspecified atom stereocenters. The Morgan fingerprint density at radius 2 is 2.11 bits per heavy atom. The Bertz CT molecular complexity index is 863. The lowest BCUT2D eigenvalue weighted by atomic mass is 10.1. The molecule has 2 atom stereocenters. The maximum Gasteiger partial charge on any atom is 0.288 e. The maximum atomic E-state index is 13.0. The summed E-state index contributed by atoms with van der Waals surface area (Å²) in [6.07, 6.45) is 4.36. The standard InChI is InChI=1S/C19H24N6O2/c1-13-9-14-5-2-3-7-16(14)25(13)17(26)11-23-8-4-6-15(10-23)24-12-21-19(22-24)18(20)27/h2-3,5,7,12-13,15H,4,6,8-11H2,1H3,(H2,20,27). The molecule has 1 aromatic heterocycles. The molecule has 0 saturated carbocycles. The minimum absolute atomic E-state index is 0.0331. The van der Waals surface area contributed by atoms with Gasteiger partial charge >= 0.3 is 0 Å². The Morgan fingerprint density at radius 1 is 1.30 bits per heavy atom. The number of hydrogen-bond donors (Lipinski definition) is 1. The van der Waals surface area contributed by atoms with Crippen LogP contribution in [0.5, 0.6) is 0 Å². The molecular formula is C19H24N6O2. The second-order valence-corrected chi connectivity index (χ2v) is 7.39. The quantitative estimate of drug-likeness (QED) is 0.868. The van der Waals surface area contributed by atoms with Gasteiger partial charge < -0.3 is 10.6 Å². The van der Waals surface area contributed by atoms with Crippen molar-refractivity contribution in [2.45, 2.75) is 38.3 Å². The zero-order valence-electron chi connectivity index (χ0n) is 15.4. The van der Waals surface area contributed by atoms with Gasteiger partial charge in [0, 0.05) is 18.3 Å². The highest BCUT2D eigenvalue weighted by Gasteiger charge is 2.32. The highest BCUT2D eigenvalue weighted by molar-refractivity contribution is 5.97. The van der Waals surface area contributed by atoms with Crippen LogP contribution in [0, 0.1) is 0 Å².